The van der Waals surface area contributed by atoms with E-state index in [0.29, 0.717) is 19.5 Å². The third-order valence-corrected chi connectivity index (χ3v) is 9.02. The second-order valence-electron chi connectivity index (χ2n) is 12.7. The van der Waals surface area contributed by atoms with Gasteiger partial charge in [-0.15, -0.1) is 0 Å². The van der Waals surface area contributed by atoms with Crippen LogP contribution in [0.1, 0.15) is 73.5 Å². The largest absolute Gasteiger partial charge is 0.453 e. The Morgan fingerprint density at radius 1 is 0.878 bits per heavy atom. The van der Waals surface area contributed by atoms with Crippen LogP contribution in [-0.2, 0) is 37.0 Å². The highest BCUT2D eigenvalue weighted by molar-refractivity contribution is 5.82. The Morgan fingerprint density at radius 3 is 2.24 bits per heavy atom. The zero-order valence-corrected chi connectivity index (χ0v) is 28.5. The minimum Gasteiger partial charge on any atom is -0.453 e. The van der Waals surface area contributed by atoms with E-state index in [2.05, 4.69) is 10.2 Å². The Hall–Kier alpha value is -4.38. The Labute approximate surface area is 288 Å². The number of aliphatic hydroxyl groups is 2. The summed E-state index contributed by atoms with van der Waals surface area (Å²) in [5.41, 5.74) is 6.51. The molecule has 6 atom stereocenters. The van der Waals surface area contributed by atoms with Crippen molar-refractivity contribution in [3.8, 4) is 11.1 Å². The molecule has 258 valence electrons. The molecule has 4 aromatic carbocycles. The lowest BCUT2D eigenvalue weighted by molar-refractivity contribution is -0.253. The van der Waals surface area contributed by atoms with Crippen molar-refractivity contribution in [3.63, 3.8) is 0 Å². The molecule has 9 nitrogen and oxygen atoms in total. The highest BCUT2D eigenvalue weighted by Gasteiger charge is 2.34. The summed E-state index contributed by atoms with van der Waals surface area (Å²) in [5, 5.41) is 23.5. The topological polar surface area (TPSA) is 118 Å². The number of hydrogen-bond acceptors (Lipinski definition) is 8. The zero-order valence-electron chi connectivity index (χ0n) is 28.5. The summed E-state index contributed by atoms with van der Waals surface area (Å²) in [4.78, 5) is 25.6. The monoisotopic (exact) mass is 666 g/mol. The van der Waals surface area contributed by atoms with Gasteiger partial charge in [-0.25, -0.2) is 0 Å². The maximum atomic E-state index is 12.3. The summed E-state index contributed by atoms with van der Waals surface area (Å²) in [6.07, 6.45) is -1.88. The molecular weight excluding hydrogens is 620 g/mol. The van der Waals surface area contributed by atoms with Gasteiger partial charge in [0.1, 0.15) is 0 Å². The normalized spacial score (nSPS) is 19.5. The van der Waals surface area contributed by atoms with Crippen LogP contribution in [0.2, 0.25) is 0 Å². The summed E-state index contributed by atoms with van der Waals surface area (Å²) in [5.74, 6) is -0.855. The van der Waals surface area contributed by atoms with Crippen molar-refractivity contribution in [1.82, 2.24) is 10.2 Å². The summed E-state index contributed by atoms with van der Waals surface area (Å²) < 4.78 is 18.1. The van der Waals surface area contributed by atoms with Gasteiger partial charge in [-0.1, -0.05) is 97.1 Å². The summed E-state index contributed by atoms with van der Waals surface area (Å²) in [6.45, 7) is 5.71. The third kappa shape index (κ3) is 9.62. The van der Waals surface area contributed by atoms with Crippen molar-refractivity contribution in [2.75, 3.05) is 13.6 Å². The van der Waals surface area contributed by atoms with Crippen LogP contribution in [0.15, 0.2) is 103 Å². The molecule has 49 heavy (non-hydrogen) atoms. The number of amides is 1. The molecule has 9 heteroatoms. The standard InChI is InChI=1S/C40H46N2O7/c1-26(38(45)33-10-6-5-7-11-33)42(4)24-36-22-37(32-15-13-29(25-43)14-16-32)49-40(48-36)34-19-17-31(18-20-34)35-12-8-9-30(21-35)23-41-39(46)27(2)47-28(3)44/h5-21,26-27,36-38,40,43,45H,22-25H2,1-4H3,(H,41,46)/t26-,27-,36-,37+,38-,40+/m0/s1. The molecule has 0 aromatic heterocycles. The highest BCUT2D eigenvalue weighted by atomic mass is 16.7. The zero-order chi connectivity index (χ0) is 34.9. The van der Waals surface area contributed by atoms with Gasteiger partial charge in [-0.2, -0.15) is 0 Å². The fourth-order valence-electron chi connectivity index (χ4n) is 6.02. The second-order valence-corrected chi connectivity index (χ2v) is 12.7. The van der Waals surface area contributed by atoms with Crippen molar-refractivity contribution < 1.29 is 34.0 Å². The van der Waals surface area contributed by atoms with Crippen LogP contribution in [0.4, 0.5) is 0 Å². The number of esters is 1. The minimum atomic E-state index is -0.860. The molecule has 5 rings (SSSR count). The van der Waals surface area contributed by atoms with Crippen LogP contribution in [0.3, 0.4) is 0 Å². The fraction of sp³-hybridized carbons (Fsp3) is 0.350. The molecule has 0 unspecified atom stereocenters. The SMILES string of the molecule is CC(=O)O[C@@H](C)C(=O)NCc1cccc(-c2ccc([C@@H]3O[C@H](CN(C)[C@@H](C)[C@H](O)c4ccccc4)C[C@H](c4ccc(CO)cc4)O3)cc2)c1. The summed E-state index contributed by atoms with van der Waals surface area (Å²) >= 11 is 0. The average molecular weight is 667 g/mol. The number of ether oxygens (including phenoxy) is 3. The number of hydrogen-bond donors (Lipinski definition) is 3. The number of carbonyl (C=O) groups is 2. The quantitative estimate of drug-likeness (QED) is 0.149. The van der Waals surface area contributed by atoms with Gasteiger partial charge in [-0.3, -0.25) is 14.5 Å². The van der Waals surface area contributed by atoms with Gasteiger partial charge in [0.15, 0.2) is 12.4 Å². The smallest absolute Gasteiger partial charge is 0.303 e. The van der Waals surface area contributed by atoms with Crippen molar-refractivity contribution in [2.45, 2.75) is 77.1 Å². The van der Waals surface area contributed by atoms with Crippen LogP contribution < -0.4 is 5.32 Å². The number of rotatable bonds is 13. The van der Waals surface area contributed by atoms with E-state index in [-0.39, 0.29) is 30.8 Å². The lowest BCUT2D eigenvalue weighted by Crippen LogP contribution is -2.43. The molecule has 1 amide bonds. The molecule has 1 fully saturated rings. The second kappa shape index (κ2) is 16.8. The molecule has 1 saturated heterocycles. The van der Waals surface area contributed by atoms with Gasteiger partial charge < -0.3 is 29.7 Å². The maximum absolute atomic E-state index is 12.3. The summed E-state index contributed by atoms with van der Waals surface area (Å²) in [6, 6.07) is 33.3. The van der Waals surface area contributed by atoms with Crippen LogP contribution in [-0.4, -0.2) is 58.8 Å². The summed E-state index contributed by atoms with van der Waals surface area (Å²) in [7, 11) is 2.00. The predicted octanol–water partition coefficient (Wildman–Crippen LogP) is 6.01. The number of carbonyl (C=O) groups excluding carboxylic acids is 2. The van der Waals surface area contributed by atoms with E-state index < -0.39 is 24.5 Å². The fourth-order valence-corrected chi connectivity index (χ4v) is 6.02. The molecule has 0 aliphatic carbocycles. The first-order chi connectivity index (χ1) is 23.6. The lowest BCUT2D eigenvalue weighted by Gasteiger charge is -2.39. The average Bonchev–Trinajstić information content (AvgIpc) is 3.13. The molecule has 0 radical (unpaired) electrons. The predicted molar refractivity (Wildman–Crippen MR) is 187 cm³/mol. The van der Waals surface area contributed by atoms with Gasteiger partial charge in [-0.05, 0) is 60.3 Å². The van der Waals surface area contributed by atoms with Gasteiger partial charge in [0, 0.05) is 38.0 Å². The maximum Gasteiger partial charge on any atom is 0.303 e. The van der Waals surface area contributed by atoms with E-state index in [0.717, 1.165) is 38.9 Å². The van der Waals surface area contributed by atoms with Crippen LogP contribution in [0.25, 0.3) is 11.1 Å². The molecule has 0 spiro atoms. The Morgan fingerprint density at radius 2 is 1.57 bits per heavy atom. The molecule has 3 N–H and O–H groups in total. The number of nitrogens with zero attached hydrogens (tertiary/aromatic N) is 1. The van der Waals surface area contributed by atoms with Crippen molar-refractivity contribution in [1.29, 1.82) is 0 Å². The molecular formula is C40H46N2O7. The van der Waals surface area contributed by atoms with E-state index >= 15 is 0 Å². The molecule has 0 bridgehead atoms. The van der Waals surface area contributed by atoms with Crippen LogP contribution in [0.5, 0.6) is 0 Å². The Bertz CT molecular complexity index is 1660. The molecule has 0 saturated carbocycles. The Kier molecular flexibility index (Phi) is 12.3. The molecule has 1 heterocycles. The van der Waals surface area contributed by atoms with Crippen LogP contribution >= 0.6 is 0 Å². The van der Waals surface area contributed by atoms with E-state index in [9.17, 15) is 19.8 Å². The minimum absolute atomic E-state index is 0.0221. The van der Waals surface area contributed by atoms with Crippen LogP contribution in [0, 0.1) is 0 Å². The first-order valence-corrected chi connectivity index (χ1v) is 16.7. The van der Waals surface area contributed by atoms with Gasteiger partial charge in [0.05, 0.1) is 24.9 Å². The van der Waals surface area contributed by atoms with E-state index in [1.165, 1.54) is 6.92 Å². The molecule has 1 aliphatic rings. The number of benzene rings is 4. The number of nitrogens with one attached hydrogen (secondary N) is 1. The first kappa shape index (κ1) is 35.9. The molecule has 4 aromatic rings. The number of likely N-dealkylation sites (N-methyl/N-ethyl adjacent to an activating group) is 1. The van der Waals surface area contributed by atoms with Gasteiger partial charge >= 0.3 is 5.97 Å². The first-order valence-electron chi connectivity index (χ1n) is 16.7. The lowest BCUT2D eigenvalue weighted by atomic mass is 9.98. The molecule has 1 aliphatic heterocycles. The Balaban J connectivity index is 1.30. The number of aliphatic hydroxyl groups excluding tert-OH is 2. The van der Waals surface area contributed by atoms with E-state index in [1.807, 2.05) is 117 Å². The van der Waals surface area contributed by atoms with Gasteiger partial charge in [0.2, 0.25) is 0 Å². The van der Waals surface area contributed by atoms with Crippen molar-refractivity contribution in [2.24, 2.45) is 0 Å². The van der Waals surface area contributed by atoms with Gasteiger partial charge in [0.25, 0.3) is 5.91 Å². The highest BCUT2D eigenvalue weighted by Crippen LogP contribution is 2.39. The van der Waals surface area contributed by atoms with E-state index in [4.69, 9.17) is 14.2 Å². The van der Waals surface area contributed by atoms with Crippen molar-refractivity contribution in [3.05, 3.63) is 131 Å². The van der Waals surface area contributed by atoms with Crippen molar-refractivity contribution >= 4 is 11.9 Å². The van der Waals surface area contributed by atoms with E-state index in [1.54, 1.807) is 6.92 Å². The third-order valence-electron chi connectivity index (χ3n) is 9.02.